The number of hydrogen-bond donors (Lipinski definition) is 2. The van der Waals surface area contributed by atoms with Crippen LogP contribution in [0.15, 0.2) is 12.3 Å². The van der Waals surface area contributed by atoms with Gasteiger partial charge < -0.3 is 5.43 Å². The van der Waals surface area contributed by atoms with Gasteiger partial charge in [-0.1, -0.05) is 20.8 Å². The number of nitrogens with zero attached hydrogens (tertiary/aromatic N) is 4. The van der Waals surface area contributed by atoms with E-state index in [2.05, 4.69) is 41.3 Å². The molecule has 0 fully saturated rings. The van der Waals surface area contributed by atoms with E-state index in [-0.39, 0.29) is 0 Å². The highest BCUT2D eigenvalue weighted by molar-refractivity contribution is 5.59. The summed E-state index contributed by atoms with van der Waals surface area (Å²) >= 11 is 0. The van der Waals surface area contributed by atoms with E-state index < -0.39 is 0 Å². The lowest BCUT2D eigenvalue weighted by Crippen LogP contribution is -2.11. The SMILES string of the molecule is CCc1nn(C)cc1-c1nc(CC(C)C)cc(NN)n1. The first-order valence-corrected chi connectivity index (χ1v) is 6.91. The smallest absolute Gasteiger partial charge is 0.165 e. The van der Waals surface area contributed by atoms with Crippen molar-refractivity contribution in [1.82, 2.24) is 19.7 Å². The van der Waals surface area contributed by atoms with Crippen LogP contribution in [0, 0.1) is 5.92 Å². The van der Waals surface area contributed by atoms with Crippen LogP contribution in [0.1, 0.15) is 32.2 Å². The van der Waals surface area contributed by atoms with Crippen LogP contribution in [-0.2, 0) is 19.9 Å². The fraction of sp³-hybridized carbons (Fsp3) is 0.500. The van der Waals surface area contributed by atoms with Crippen molar-refractivity contribution in [3.8, 4) is 11.4 Å². The zero-order chi connectivity index (χ0) is 14.7. The molecule has 0 spiro atoms. The van der Waals surface area contributed by atoms with E-state index in [1.165, 1.54) is 0 Å². The maximum Gasteiger partial charge on any atom is 0.165 e. The summed E-state index contributed by atoms with van der Waals surface area (Å²) < 4.78 is 1.79. The Morgan fingerprint density at radius 2 is 2.10 bits per heavy atom. The highest BCUT2D eigenvalue weighted by atomic mass is 15.3. The predicted molar refractivity (Wildman–Crippen MR) is 80.0 cm³/mol. The summed E-state index contributed by atoms with van der Waals surface area (Å²) in [5.41, 5.74) is 5.57. The van der Waals surface area contributed by atoms with Gasteiger partial charge in [0, 0.05) is 25.0 Å². The number of hydrazine groups is 1. The van der Waals surface area contributed by atoms with Crippen LogP contribution in [0.5, 0.6) is 0 Å². The zero-order valence-electron chi connectivity index (χ0n) is 12.5. The van der Waals surface area contributed by atoms with Crippen molar-refractivity contribution in [2.24, 2.45) is 18.8 Å². The minimum Gasteiger partial charge on any atom is -0.308 e. The molecule has 0 aliphatic heterocycles. The molecule has 2 heterocycles. The Morgan fingerprint density at radius 3 is 2.70 bits per heavy atom. The quantitative estimate of drug-likeness (QED) is 0.643. The van der Waals surface area contributed by atoms with Gasteiger partial charge in [-0.25, -0.2) is 15.8 Å². The number of hydrogen-bond acceptors (Lipinski definition) is 5. The maximum atomic E-state index is 5.51. The molecule has 108 valence electrons. The van der Waals surface area contributed by atoms with Crippen molar-refractivity contribution in [3.63, 3.8) is 0 Å². The fourth-order valence-electron chi connectivity index (χ4n) is 2.20. The molecule has 0 radical (unpaired) electrons. The minimum atomic E-state index is 0.530. The molecule has 6 heteroatoms. The molecule has 2 aromatic rings. The van der Waals surface area contributed by atoms with Gasteiger partial charge in [-0.05, 0) is 18.8 Å². The van der Waals surface area contributed by atoms with E-state index in [1.54, 1.807) is 4.68 Å². The molecular weight excluding hydrogens is 252 g/mol. The van der Waals surface area contributed by atoms with E-state index in [4.69, 9.17) is 5.84 Å². The molecule has 2 aromatic heterocycles. The van der Waals surface area contributed by atoms with Crippen molar-refractivity contribution in [2.45, 2.75) is 33.6 Å². The van der Waals surface area contributed by atoms with Crippen molar-refractivity contribution in [3.05, 3.63) is 23.7 Å². The lowest BCUT2D eigenvalue weighted by molar-refractivity contribution is 0.635. The molecule has 0 bridgehead atoms. The van der Waals surface area contributed by atoms with Crippen LogP contribution in [0.2, 0.25) is 0 Å². The van der Waals surface area contributed by atoms with Gasteiger partial charge in [-0.3, -0.25) is 4.68 Å². The molecule has 0 aromatic carbocycles. The topological polar surface area (TPSA) is 81.7 Å². The molecule has 2 rings (SSSR count). The molecule has 0 unspecified atom stereocenters. The van der Waals surface area contributed by atoms with E-state index in [1.807, 2.05) is 19.3 Å². The van der Waals surface area contributed by atoms with E-state index in [0.29, 0.717) is 17.6 Å². The average molecular weight is 274 g/mol. The number of rotatable bonds is 5. The number of nitrogen functional groups attached to an aromatic ring is 1. The monoisotopic (exact) mass is 274 g/mol. The first-order valence-electron chi connectivity index (χ1n) is 6.91. The molecule has 6 nitrogen and oxygen atoms in total. The second kappa shape index (κ2) is 6.00. The third-order valence-corrected chi connectivity index (χ3v) is 3.03. The standard InChI is InChI=1S/C14H22N6/c1-5-12-11(8-20(4)19-12)14-16-10(6-9(2)3)7-13(17-14)18-15/h7-9H,5-6,15H2,1-4H3,(H,16,17,18). The zero-order valence-corrected chi connectivity index (χ0v) is 12.5. The largest absolute Gasteiger partial charge is 0.308 e. The Labute approximate surface area is 119 Å². The summed E-state index contributed by atoms with van der Waals surface area (Å²) in [7, 11) is 1.91. The summed E-state index contributed by atoms with van der Waals surface area (Å²) in [6.07, 6.45) is 3.69. The Kier molecular flexibility index (Phi) is 4.34. The van der Waals surface area contributed by atoms with E-state index >= 15 is 0 Å². The molecule has 0 amide bonds. The Hall–Kier alpha value is -1.95. The third-order valence-electron chi connectivity index (χ3n) is 3.03. The van der Waals surface area contributed by atoms with Gasteiger partial charge in [-0.15, -0.1) is 0 Å². The van der Waals surface area contributed by atoms with Gasteiger partial charge in [0.15, 0.2) is 5.82 Å². The molecule has 0 aliphatic carbocycles. The number of aromatic nitrogens is 4. The van der Waals surface area contributed by atoms with Gasteiger partial charge in [0.1, 0.15) is 5.82 Å². The summed E-state index contributed by atoms with van der Waals surface area (Å²) in [5.74, 6) is 7.36. The highest BCUT2D eigenvalue weighted by Crippen LogP contribution is 2.22. The molecule has 0 atom stereocenters. The summed E-state index contributed by atoms with van der Waals surface area (Å²) in [6.45, 7) is 6.41. The Morgan fingerprint density at radius 1 is 1.35 bits per heavy atom. The van der Waals surface area contributed by atoms with Gasteiger partial charge in [0.25, 0.3) is 0 Å². The van der Waals surface area contributed by atoms with Crippen LogP contribution >= 0.6 is 0 Å². The molecule has 0 saturated heterocycles. The second-order valence-corrected chi connectivity index (χ2v) is 5.33. The number of nitrogens with two attached hydrogens (primary N) is 1. The Bertz CT molecular complexity index is 587. The third kappa shape index (κ3) is 3.14. The maximum absolute atomic E-state index is 5.51. The first kappa shape index (κ1) is 14.5. The van der Waals surface area contributed by atoms with Gasteiger partial charge >= 0.3 is 0 Å². The van der Waals surface area contributed by atoms with Gasteiger partial charge in [0.05, 0.1) is 11.3 Å². The lowest BCUT2D eigenvalue weighted by Gasteiger charge is -2.09. The fourth-order valence-corrected chi connectivity index (χ4v) is 2.20. The van der Waals surface area contributed by atoms with Crippen LogP contribution in [0.4, 0.5) is 5.82 Å². The summed E-state index contributed by atoms with van der Waals surface area (Å²) in [4.78, 5) is 9.10. The molecular formula is C14H22N6. The number of nitrogens with one attached hydrogen (secondary N) is 1. The Balaban J connectivity index is 2.49. The number of aryl methyl sites for hydroxylation is 2. The summed E-state index contributed by atoms with van der Waals surface area (Å²) in [6, 6.07) is 1.89. The van der Waals surface area contributed by atoms with Gasteiger partial charge in [0.2, 0.25) is 0 Å². The minimum absolute atomic E-state index is 0.530. The lowest BCUT2D eigenvalue weighted by atomic mass is 10.1. The number of anilines is 1. The van der Waals surface area contributed by atoms with Crippen LogP contribution in [-0.4, -0.2) is 19.7 Å². The van der Waals surface area contributed by atoms with Crippen LogP contribution in [0.25, 0.3) is 11.4 Å². The van der Waals surface area contributed by atoms with Crippen LogP contribution in [0.3, 0.4) is 0 Å². The first-order chi connectivity index (χ1) is 9.53. The molecule has 0 aliphatic rings. The molecule has 3 N–H and O–H groups in total. The van der Waals surface area contributed by atoms with E-state index in [0.717, 1.165) is 29.8 Å². The second-order valence-electron chi connectivity index (χ2n) is 5.33. The normalized spacial score (nSPS) is 11.1. The molecule has 0 saturated carbocycles. The van der Waals surface area contributed by atoms with Crippen molar-refractivity contribution < 1.29 is 0 Å². The predicted octanol–water partition coefficient (Wildman–Crippen LogP) is 1.92. The van der Waals surface area contributed by atoms with Crippen molar-refractivity contribution >= 4 is 5.82 Å². The average Bonchev–Trinajstić information content (AvgIpc) is 2.78. The summed E-state index contributed by atoms with van der Waals surface area (Å²) in [5, 5.41) is 4.44. The highest BCUT2D eigenvalue weighted by Gasteiger charge is 2.13. The molecule has 20 heavy (non-hydrogen) atoms. The van der Waals surface area contributed by atoms with Crippen LogP contribution < -0.4 is 11.3 Å². The van der Waals surface area contributed by atoms with Crippen molar-refractivity contribution in [1.29, 1.82) is 0 Å². The van der Waals surface area contributed by atoms with Gasteiger partial charge in [-0.2, -0.15) is 5.10 Å². The van der Waals surface area contributed by atoms with Crippen molar-refractivity contribution in [2.75, 3.05) is 5.43 Å². The van der Waals surface area contributed by atoms with E-state index in [9.17, 15) is 0 Å².